The summed E-state index contributed by atoms with van der Waals surface area (Å²) in [6.07, 6.45) is 3.09. The van der Waals surface area contributed by atoms with Crippen molar-refractivity contribution < 1.29 is 28.6 Å². The van der Waals surface area contributed by atoms with Gasteiger partial charge in [0.2, 0.25) is 0 Å². The van der Waals surface area contributed by atoms with Gasteiger partial charge >= 0.3 is 5.97 Å². The quantitative estimate of drug-likeness (QED) is 0.335. The number of carbonyl (C=O) groups is 2. The SMILES string of the molecule is CCOc1cc(/C=C2/C(=N)N3OC(C)=CC3=NC2=O)cc(Br)c1OC(=O)c1ccc(OC)cc1. The number of benzene rings is 2. The minimum atomic E-state index is -0.574. The van der Waals surface area contributed by atoms with Gasteiger partial charge in [0.15, 0.2) is 23.2 Å². The Kier molecular flexibility index (Phi) is 6.51. The van der Waals surface area contributed by atoms with Crippen LogP contribution in [0.5, 0.6) is 17.2 Å². The molecule has 2 aliphatic rings. The number of aliphatic imine (C=N–C) groups is 1. The Bertz CT molecular complexity index is 1280. The second-order valence-electron chi connectivity index (χ2n) is 7.20. The third kappa shape index (κ3) is 4.58. The van der Waals surface area contributed by atoms with Crippen molar-refractivity contribution in [2.45, 2.75) is 13.8 Å². The largest absolute Gasteiger partial charge is 0.497 e. The van der Waals surface area contributed by atoms with E-state index < -0.39 is 11.9 Å². The molecule has 0 radical (unpaired) electrons. The minimum Gasteiger partial charge on any atom is -0.497 e. The van der Waals surface area contributed by atoms with Crippen LogP contribution in [0, 0.1) is 5.41 Å². The standard InChI is InChI=1S/C24H20BrN3O6/c1-4-32-19-12-14(10-17-22(26)28-20(27-23(17)29)9-13(2)34-28)11-18(25)21(19)33-24(30)15-5-7-16(31-3)8-6-15/h5-12,26H,4H2,1-3H3/b17-10-,26-22?. The Balaban J connectivity index is 1.64. The average Bonchev–Trinajstić information content (AvgIpc) is 3.19. The molecule has 0 saturated carbocycles. The number of ether oxygens (including phenoxy) is 3. The fourth-order valence-corrected chi connectivity index (χ4v) is 3.82. The number of nitrogens with zero attached hydrogens (tertiary/aromatic N) is 2. The summed E-state index contributed by atoms with van der Waals surface area (Å²) < 4.78 is 16.8. The molecule has 0 aromatic heterocycles. The molecule has 1 N–H and O–H groups in total. The molecule has 4 rings (SSSR count). The lowest BCUT2D eigenvalue weighted by Crippen LogP contribution is -2.38. The molecule has 0 spiro atoms. The van der Waals surface area contributed by atoms with Crippen LogP contribution in [-0.4, -0.2) is 42.3 Å². The number of hydrogen-bond acceptors (Lipinski definition) is 7. The van der Waals surface area contributed by atoms with E-state index in [1.807, 2.05) is 0 Å². The highest BCUT2D eigenvalue weighted by atomic mass is 79.9. The summed E-state index contributed by atoms with van der Waals surface area (Å²) in [6, 6.07) is 9.79. The predicted octanol–water partition coefficient (Wildman–Crippen LogP) is 4.53. The summed E-state index contributed by atoms with van der Waals surface area (Å²) >= 11 is 3.42. The number of esters is 1. The summed E-state index contributed by atoms with van der Waals surface area (Å²) in [6.45, 7) is 3.82. The first-order valence-corrected chi connectivity index (χ1v) is 11.0. The van der Waals surface area contributed by atoms with Gasteiger partial charge in [-0.05, 0) is 77.8 Å². The molecule has 0 bridgehead atoms. The molecule has 0 fully saturated rings. The van der Waals surface area contributed by atoms with Crippen molar-refractivity contribution in [3.05, 3.63) is 69.4 Å². The van der Waals surface area contributed by atoms with Gasteiger partial charge in [0.25, 0.3) is 5.91 Å². The van der Waals surface area contributed by atoms with E-state index in [2.05, 4.69) is 20.9 Å². The average molecular weight is 526 g/mol. The van der Waals surface area contributed by atoms with Crippen LogP contribution in [0.1, 0.15) is 29.8 Å². The number of fused-ring (bicyclic) bond motifs is 1. The molecule has 2 aromatic rings. The number of carbonyl (C=O) groups excluding carboxylic acids is 2. The number of allylic oxidation sites excluding steroid dienone is 1. The molecule has 174 valence electrons. The Hall–Kier alpha value is -3.92. The van der Waals surface area contributed by atoms with E-state index in [-0.39, 0.29) is 23.0 Å². The van der Waals surface area contributed by atoms with E-state index in [0.717, 1.165) is 0 Å². The van der Waals surface area contributed by atoms with Crippen LogP contribution < -0.4 is 14.2 Å². The number of hydroxylamine groups is 2. The Morgan fingerprint density at radius 1 is 1.26 bits per heavy atom. The summed E-state index contributed by atoms with van der Waals surface area (Å²) in [7, 11) is 1.54. The number of amides is 1. The second-order valence-corrected chi connectivity index (χ2v) is 8.06. The van der Waals surface area contributed by atoms with Crippen LogP contribution in [-0.2, 0) is 9.63 Å². The van der Waals surface area contributed by atoms with Gasteiger partial charge in [0, 0.05) is 6.08 Å². The summed E-state index contributed by atoms with van der Waals surface area (Å²) in [5.74, 6) is 0.633. The van der Waals surface area contributed by atoms with Gasteiger partial charge in [-0.3, -0.25) is 10.2 Å². The van der Waals surface area contributed by atoms with E-state index in [1.165, 1.54) is 11.1 Å². The van der Waals surface area contributed by atoms with Crippen molar-refractivity contribution in [3.63, 3.8) is 0 Å². The molecule has 2 aliphatic heterocycles. The lowest BCUT2D eigenvalue weighted by molar-refractivity contribution is -0.114. The zero-order valence-electron chi connectivity index (χ0n) is 18.5. The normalized spacial score (nSPS) is 16.0. The second kappa shape index (κ2) is 9.52. The number of halogens is 1. The lowest BCUT2D eigenvalue weighted by Gasteiger charge is -2.23. The van der Waals surface area contributed by atoms with E-state index in [1.54, 1.807) is 63.4 Å². The molecule has 1 amide bonds. The number of hydrogen-bond donors (Lipinski definition) is 1. The van der Waals surface area contributed by atoms with E-state index >= 15 is 0 Å². The molecular formula is C24H20BrN3O6. The smallest absolute Gasteiger partial charge is 0.343 e. The van der Waals surface area contributed by atoms with Crippen molar-refractivity contribution in [1.82, 2.24) is 5.06 Å². The highest BCUT2D eigenvalue weighted by molar-refractivity contribution is 9.10. The van der Waals surface area contributed by atoms with Gasteiger partial charge in [-0.25, -0.2) is 4.79 Å². The van der Waals surface area contributed by atoms with Crippen molar-refractivity contribution in [2.75, 3.05) is 13.7 Å². The first-order valence-electron chi connectivity index (χ1n) is 10.2. The molecule has 2 heterocycles. The van der Waals surface area contributed by atoms with Crippen molar-refractivity contribution in [3.8, 4) is 17.2 Å². The van der Waals surface area contributed by atoms with E-state index in [4.69, 9.17) is 24.5 Å². The topological polar surface area (TPSA) is 111 Å². The highest BCUT2D eigenvalue weighted by Gasteiger charge is 2.34. The van der Waals surface area contributed by atoms with Crippen LogP contribution >= 0.6 is 15.9 Å². The van der Waals surface area contributed by atoms with E-state index in [9.17, 15) is 9.59 Å². The van der Waals surface area contributed by atoms with Gasteiger partial charge in [0.1, 0.15) is 11.5 Å². The first-order chi connectivity index (χ1) is 16.3. The molecule has 0 atom stereocenters. The van der Waals surface area contributed by atoms with Crippen LogP contribution in [0.3, 0.4) is 0 Å². The fraction of sp³-hybridized carbons (Fsp3) is 0.167. The third-order valence-corrected chi connectivity index (χ3v) is 5.43. The van der Waals surface area contributed by atoms with Crippen LogP contribution in [0.25, 0.3) is 6.08 Å². The number of rotatable bonds is 6. The minimum absolute atomic E-state index is 0.0455. The monoisotopic (exact) mass is 525 g/mol. The van der Waals surface area contributed by atoms with Gasteiger partial charge in [0.05, 0.1) is 29.3 Å². The maximum atomic E-state index is 12.7. The molecule has 0 saturated heterocycles. The molecule has 2 aromatic carbocycles. The molecule has 34 heavy (non-hydrogen) atoms. The zero-order chi connectivity index (χ0) is 24.4. The van der Waals surface area contributed by atoms with Gasteiger partial charge in [-0.2, -0.15) is 4.99 Å². The number of methoxy groups -OCH3 is 1. The fourth-order valence-electron chi connectivity index (χ4n) is 3.28. The maximum Gasteiger partial charge on any atom is 0.343 e. The maximum absolute atomic E-state index is 12.7. The molecule has 9 nitrogen and oxygen atoms in total. The van der Waals surface area contributed by atoms with Crippen LogP contribution in [0.15, 0.2) is 63.3 Å². The van der Waals surface area contributed by atoms with E-state index in [0.29, 0.717) is 39.5 Å². The van der Waals surface area contributed by atoms with Crippen molar-refractivity contribution in [2.24, 2.45) is 4.99 Å². The van der Waals surface area contributed by atoms with Crippen molar-refractivity contribution in [1.29, 1.82) is 5.41 Å². The van der Waals surface area contributed by atoms with Gasteiger partial charge in [-0.1, -0.05) is 0 Å². The molecular weight excluding hydrogens is 506 g/mol. The summed E-state index contributed by atoms with van der Waals surface area (Å²) in [4.78, 5) is 34.6. The third-order valence-electron chi connectivity index (χ3n) is 4.84. The summed E-state index contributed by atoms with van der Waals surface area (Å²) in [5, 5.41) is 9.55. The Morgan fingerprint density at radius 2 is 2.00 bits per heavy atom. The van der Waals surface area contributed by atoms with Gasteiger partial charge < -0.3 is 19.0 Å². The Morgan fingerprint density at radius 3 is 2.68 bits per heavy atom. The lowest BCUT2D eigenvalue weighted by atomic mass is 10.1. The summed E-state index contributed by atoms with van der Waals surface area (Å²) in [5.41, 5.74) is 0.921. The number of amidine groups is 2. The zero-order valence-corrected chi connectivity index (χ0v) is 20.1. The molecule has 0 unspecified atom stereocenters. The number of nitrogens with one attached hydrogen (secondary N) is 1. The highest BCUT2D eigenvalue weighted by Crippen LogP contribution is 2.38. The molecule has 0 aliphatic carbocycles. The Labute approximate surface area is 203 Å². The predicted molar refractivity (Wildman–Crippen MR) is 128 cm³/mol. The van der Waals surface area contributed by atoms with Crippen LogP contribution in [0.4, 0.5) is 0 Å². The van der Waals surface area contributed by atoms with Crippen molar-refractivity contribution >= 4 is 45.6 Å². The van der Waals surface area contributed by atoms with Crippen LogP contribution in [0.2, 0.25) is 0 Å². The first kappa shape index (κ1) is 23.2. The molecule has 10 heteroatoms. The van der Waals surface area contributed by atoms with Gasteiger partial charge in [-0.15, -0.1) is 5.06 Å².